The fourth-order valence-electron chi connectivity index (χ4n) is 2.12. The molecule has 4 heteroatoms. The third-order valence-electron chi connectivity index (χ3n) is 2.86. The van der Waals surface area contributed by atoms with Gasteiger partial charge in [0.2, 0.25) is 0 Å². The number of hydrogen-bond donors (Lipinski definition) is 0. The van der Waals surface area contributed by atoms with Crippen molar-refractivity contribution in [2.45, 2.75) is 6.92 Å². The summed E-state index contributed by atoms with van der Waals surface area (Å²) in [6.45, 7) is 1.99. The van der Waals surface area contributed by atoms with E-state index in [-0.39, 0.29) is 0 Å². The zero-order valence-electron chi connectivity index (χ0n) is 9.69. The highest BCUT2D eigenvalue weighted by atomic mass is 79.9. The summed E-state index contributed by atoms with van der Waals surface area (Å²) in [4.78, 5) is 4.59. The molecule has 90 valence electrons. The van der Waals surface area contributed by atoms with Crippen LogP contribution in [0.15, 0.2) is 46.9 Å². The Bertz CT molecular complexity index is 719. The summed E-state index contributed by atoms with van der Waals surface area (Å²) in [5.74, 6) is 0.944. The molecule has 1 aromatic heterocycles. The SMILES string of the molecule is Cc1nc2c(Br)cc(Cl)cc2n1-c1ccccc1. The fourth-order valence-corrected chi connectivity index (χ4v) is 3.01. The Morgan fingerprint density at radius 2 is 1.89 bits per heavy atom. The molecule has 3 aromatic rings. The molecule has 0 aliphatic rings. The Balaban J connectivity index is 2.39. The van der Waals surface area contributed by atoms with Crippen molar-refractivity contribution in [1.82, 2.24) is 9.55 Å². The first-order valence-corrected chi connectivity index (χ1v) is 6.73. The van der Waals surface area contributed by atoms with E-state index in [4.69, 9.17) is 11.6 Å². The Morgan fingerprint density at radius 3 is 2.61 bits per heavy atom. The number of aromatic nitrogens is 2. The first-order chi connectivity index (χ1) is 8.66. The largest absolute Gasteiger partial charge is 0.296 e. The molecule has 0 N–H and O–H groups in total. The van der Waals surface area contributed by atoms with Crippen LogP contribution in [0, 0.1) is 6.92 Å². The second kappa shape index (κ2) is 4.41. The number of halogens is 2. The average molecular weight is 322 g/mol. The Morgan fingerprint density at radius 1 is 1.17 bits per heavy atom. The number of hydrogen-bond acceptors (Lipinski definition) is 1. The molecule has 2 nitrogen and oxygen atoms in total. The van der Waals surface area contributed by atoms with Crippen LogP contribution in [-0.4, -0.2) is 9.55 Å². The van der Waals surface area contributed by atoms with E-state index >= 15 is 0 Å². The van der Waals surface area contributed by atoms with Gasteiger partial charge in [-0.3, -0.25) is 4.57 Å². The summed E-state index contributed by atoms with van der Waals surface area (Å²) < 4.78 is 3.02. The summed E-state index contributed by atoms with van der Waals surface area (Å²) in [5, 5.41) is 0.700. The van der Waals surface area contributed by atoms with Gasteiger partial charge in [0.15, 0.2) is 0 Å². The van der Waals surface area contributed by atoms with Gasteiger partial charge in [-0.2, -0.15) is 0 Å². The molecule has 0 aliphatic carbocycles. The van der Waals surface area contributed by atoms with Crippen molar-refractivity contribution in [3.63, 3.8) is 0 Å². The molecule has 0 saturated heterocycles. The molecular formula is C14H10BrClN2. The summed E-state index contributed by atoms with van der Waals surface area (Å²) in [7, 11) is 0. The lowest BCUT2D eigenvalue weighted by molar-refractivity contribution is 1.00. The molecule has 18 heavy (non-hydrogen) atoms. The Labute approximate surface area is 118 Å². The third kappa shape index (κ3) is 1.84. The van der Waals surface area contributed by atoms with E-state index in [1.165, 1.54) is 0 Å². The highest BCUT2D eigenvalue weighted by Gasteiger charge is 2.12. The highest BCUT2D eigenvalue weighted by Crippen LogP contribution is 2.30. The van der Waals surface area contributed by atoms with Crippen LogP contribution in [0.1, 0.15) is 5.82 Å². The van der Waals surface area contributed by atoms with Crippen molar-refractivity contribution in [3.05, 3.63) is 57.8 Å². The van der Waals surface area contributed by atoms with Gasteiger partial charge in [0.25, 0.3) is 0 Å². The number of imidazole rings is 1. The molecule has 1 heterocycles. The van der Waals surface area contributed by atoms with Gasteiger partial charge in [-0.05, 0) is 47.1 Å². The fraction of sp³-hybridized carbons (Fsp3) is 0.0714. The maximum Gasteiger partial charge on any atom is 0.111 e. The van der Waals surface area contributed by atoms with Crippen LogP contribution >= 0.6 is 27.5 Å². The summed E-state index contributed by atoms with van der Waals surface area (Å²) in [5.41, 5.74) is 3.03. The van der Waals surface area contributed by atoms with Gasteiger partial charge >= 0.3 is 0 Å². The summed E-state index contributed by atoms with van der Waals surface area (Å²) in [6, 6.07) is 14.0. The average Bonchev–Trinajstić information content (AvgIpc) is 2.67. The van der Waals surface area contributed by atoms with Crippen LogP contribution in [0.2, 0.25) is 5.02 Å². The number of rotatable bonds is 1. The minimum atomic E-state index is 0.700. The lowest BCUT2D eigenvalue weighted by Gasteiger charge is -2.06. The molecule has 2 aromatic carbocycles. The van der Waals surface area contributed by atoms with Gasteiger partial charge < -0.3 is 0 Å². The van der Waals surface area contributed by atoms with Crippen molar-refractivity contribution in [3.8, 4) is 5.69 Å². The second-order valence-corrected chi connectivity index (χ2v) is 5.38. The molecule has 0 radical (unpaired) electrons. The number of para-hydroxylation sites is 1. The van der Waals surface area contributed by atoms with Crippen LogP contribution in [0.25, 0.3) is 16.7 Å². The van der Waals surface area contributed by atoms with Crippen molar-refractivity contribution >= 4 is 38.6 Å². The molecule has 3 rings (SSSR count). The lowest BCUT2D eigenvalue weighted by atomic mass is 10.3. The van der Waals surface area contributed by atoms with Gasteiger partial charge in [0.05, 0.1) is 5.52 Å². The predicted octanol–water partition coefficient (Wildman–Crippen LogP) is 4.75. The van der Waals surface area contributed by atoms with E-state index in [9.17, 15) is 0 Å². The zero-order valence-corrected chi connectivity index (χ0v) is 12.0. The molecule has 0 bridgehead atoms. The van der Waals surface area contributed by atoms with E-state index in [1.54, 1.807) is 0 Å². The monoisotopic (exact) mass is 320 g/mol. The topological polar surface area (TPSA) is 17.8 Å². The standard InChI is InChI=1S/C14H10BrClN2/c1-9-17-14-12(15)7-10(16)8-13(14)18(9)11-5-3-2-4-6-11/h2-8H,1H3. The first-order valence-electron chi connectivity index (χ1n) is 5.56. The quantitative estimate of drug-likeness (QED) is 0.632. The molecule has 0 aliphatic heterocycles. The molecular weight excluding hydrogens is 312 g/mol. The van der Waals surface area contributed by atoms with E-state index in [1.807, 2.05) is 37.3 Å². The number of nitrogens with zero attached hydrogens (tertiary/aromatic N) is 2. The van der Waals surface area contributed by atoms with Gasteiger partial charge in [-0.25, -0.2) is 4.98 Å². The third-order valence-corrected chi connectivity index (χ3v) is 3.68. The number of fused-ring (bicyclic) bond motifs is 1. The second-order valence-electron chi connectivity index (χ2n) is 4.09. The van der Waals surface area contributed by atoms with E-state index in [2.05, 4.69) is 37.6 Å². The maximum atomic E-state index is 6.12. The van der Waals surface area contributed by atoms with Gasteiger partial charge in [-0.1, -0.05) is 29.8 Å². The van der Waals surface area contributed by atoms with Crippen LogP contribution in [-0.2, 0) is 0 Å². The van der Waals surface area contributed by atoms with Crippen molar-refractivity contribution in [1.29, 1.82) is 0 Å². The van der Waals surface area contributed by atoms with Crippen molar-refractivity contribution in [2.75, 3.05) is 0 Å². The normalized spacial score (nSPS) is 11.1. The number of aryl methyl sites for hydroxylation is 1. The number of benzene rings is 2. The maximum absolute atomic E-state index is 6.12. The molecule has 0 saturated carbocycles. The van der Waals surface area contributed by atoms with Crippen molar-refractivity contribution in [2.24, 2.45) is 0 Å². The summed E-state index contributed by atoms with van der Waals surface area (Å²) >= 11 is 9.63. The van der Waals surface area contributed by atoms with Gasteiger partial charge in [0, 0.05) is 15.2 Å². The predicted molar refractivity (Wildman–Crippen MR) is 78.5 cm³/mol. The molecule has 0 spiro atoms. The van der Waals surface area contributed by atoms with Crippen LogP contribution in [0.4, 0.5) is 0 Å². The summed E-state index contributed by atoms with van der Waals surface area (Å²) in [6.07, 6.45) is 0. The highest BCUT2D eigenvalue weighted by molar-refractivity contribution is 9.10. The van der Waals surface area contributed by atoms with Crippen LogP contribution in [0.3, 0.4) is 0 Å². The first kappa shape index (κ1) is 11.8. The van der Waals surface area contributed by atoms with Crippen molar-refractivity contribution < 1.29 is 0 Å². The van der Waals surface area contributed by atoms with E-state index in [0.717, 1.165) is 27.0 Å². The Hall–Kier alpha value is -1.32. The molecule has 0 atom stereocenters. The molecule has 0 fully saturated rings. The zero-order chi connectivity index (χ0) is 12.7. The minimum absolute atomic E-state index is 0.700. The smallest absolute Gasteiger partial charge is 0.111 e. The Kier molecular flexibility index (Phi) is 2.88. The van der Waals surface area contributed by atoms with E-state index in [0.29, 0.717) is 5.02 Å². The van der Waals surface area contributed by atoms with E-state index < -0.39 is 0 Å². The van der Waals surface area contributed by atoms with Crippen LogP contribution < -0.4 is 0 Å². The molecule has 0 amide bonds. The van der Waals surface area contributed by atoms with Gasteiger partial charge in [-0.15, -0.1) is 0 Å². The minimum Gasteiger partial charge on any atom is -0.296 e. The lowest BCUT2D eigenvalue weighted by Crippen LogP contribution is -1.96. The molecule has 0 unspecified atom stereocenters. The van der Waals surface area contributed by atoms with Gasteiger partial charge in [0.1, 0.15) is 11.3 Å². The van der Waals surface area contributed by atoms with Crippen LogP contribution in [0.5, 0.6) is 0 Å².